The van der Waals surface area contributed by atoms with Crippen LogP contribution in [0.4, 0.5) is 0 Å². The van der Waals surface area contributed by atoms with E-state index in [0.717, 1.165) is 25.3 Å². The molecule has 0 saturated carbocycles. The molecule has 2 aromatic rings. The molecule has 0 aliphatic carbocycles. The van der Waals surface area contributed by atoms with Gasteiger partial charge in [0.2, 0.25) is 0 Å². The Morgan fingerprint density at radius 1 is 1.23 bits per heavy atom. The second-order valence-electron chi connectivity index (χ2n) is 7.72. The summed E-state index contributed by atoms with van der Waals surface area (Å²) < 4.78 is 6.12. The van der Waals surface area contributed by atoms with Crippen LogP contribution in [0.3, 0.4) is 0 Å². The number of pyridine rings is 1. The lowest BCUT2D eigenvalue weighted by Crippen LogP contribution is -2.34. The van der Waals surface area contributed by atoms with E-state index in [4.69, 9.17) is 4.74 Å². The van der Waals surface area contributed by atoms with E-state index in [0.29, 0.717) is 12.0 Å². The van der Waals surface area contributed by atoms with Crippen LogP contribution in [0.5, 0.6) is 5.75 Å². The Bertz CT molecular complexity index is 684. The zero-order chi connectivity index (χ0) is 18.4. The van der Waals surface area contributed by atoms with Crippen LogP contribution in [0.1, 0.15) is 68.2 Å². The number of piperidine rings is 1. The highest BCUT2D eigenvalue weighted by Gasteiger charge is 2.23. The van der Waals surface area contributed by atoms with Gasteiger partial charge in [-0.1, -0.05) is 38.5 Å². The summed E-state index contributed by atoms with van der Waals surface area (Å²) in [5, 5.41) is 0. The summed E-state index contributed by atoms with van der Waals surface area (Å²) in [4.78, 5) is 6.92. The molecule has 1 fully saturated rings. The number of hydrogen-bond acceptors (Lipinski definition) is 3. The van der Waals surface area contributed by atoms with Crippen molar-refractivity contribution in [2.75, 3.05) is 19.7 Å². The lowest BCUT2D eigenvalue weighted by molar-refractivity contribution is 0.137. The van der Waals surface area contributed by atoms with Gasteiger partial charge in [-0.3, -0.25) is 9.88 Å². The van der Waals surface area contributed by atoms with E-state index in [2.05, 4.69) is 61.0 Å². The molecule has 3 heteroatoms. The van der Waals surface area contributed by atoms with E-state index in [1.165, 1.54) is 42.5 Å². The second kappa shape index (κ2) is 9.18. The molecule has 1 unspecified atom stereocenters. The fraction of sp³-hybridized carbons (Fsp3) is 0.522. The van der Waals surface area contributed by atoms with Crippen LogP contribution in [0.15, 0.2) is 42.7 Å². The standard InChI is InChI=1S/C23H32N2O/c1-18(2)20-11-10-19(3)23(16-20)26-15-7-14-25-13-5-4-9-22(25)21-8-6-12-24-17-21/h6,8,10-12,16-18,22H,4-5,7,9,13-15H2,1-3H3. The highest BCUT2D eigenvalue weighted by atomic mass is 16.5. The third-order valence-corrected chi connectivity index (χ3v) is 5.41. The average molecular weight is 353 g/mol. The van der Waals surface area contributed by atoms with Crippen molar-refractivity contribution in [1.82, 2.24) is 9.88 Å². The number of benzene rings is 1. The van der Waals surface area contributed by atoms with Crippen LogP contribution < -0.4 is 4.74 Å². The predicted octanol–water partition coefficient (Wildman–Crippen LogP) is 5.51. The van der Waals surface area contributed by atoms with Gasteiger partial charge in [-0.25, -0.2) is 0 Å². The van der Waals surface area contributed by atoms with Crippen LogP contribution in [-0.2, 0) is 0 Å². The fourth-order valence-electron chi connectivity index (χ4n) is 3.79. The first-order valence-electron chi connectivity index (χ1n) is 10.0. The van der Waals surface area contributed by atoms with Crippen molar-refractivity contribution in [3.63, 3.8) is 0 Å². The zero-order valence-corrected chi connectivity index (χ0v) is 16.4. The van der Waals surface area contributed by atoms with Crippen molar-refractivity contribution < 1.29 is 4.74 Å². The molecule has 3 nitrogen and oxygen atoms in total. The minimum absolute atomic E-state index is 0.517. The average Bonchev–Trinajstić information content (AvgIpc) is 2.67. The van der Waals surface area contributed by atoms with Gasteiger partial charge < -0.3 is 4.74 Å². The van der Waals surface area contributed by atoms with Gasteiger partial charge in [0.25, 0.3) is 0 Å². The monoisotopic (exact) mass is 352 g/mol. The molecular weight excluding hydrogens is 320 g/mol. The van der Waals surface area contributed by atoms with E-state index in [-0.39, 0.29) is 0 Å². The van der Waals surface area contributed by atoms with Crippen molar-refractivity contribution in [1.29, 1.82) is 0 Å². The molecule has 26 heavy (non-hydrogen) atoms. The summed E-state index contributed by atoms with van der Waals surface area (Å²) in [5.74, 6) is 1.57. The number of ether oxygens (including phenoxy) is 1. The number of hydrogen-bond donors (Lipinski definition) is 0. The molecule has 1 atom stereocenters. The normalized spacial score (nSPS) is 18.2. The molecule has 3 rings (SSSR count). The lowest BCUT2D eigenvalue weighted by atomic mass is 9.96. The molecular formula is C23H32N2O. The molecule has 1 aliphatic rings. The van der Waals surface area contributed by atoms with Crippen molar-refractivity contribution >= 4 is 0 Å². The Balaban J connectivity index is 1.53. The summed E-state index contributed by atoms with van der Waals surface area (Å²) in [7, 11) is 0. The van der Waals surface area contributed by atoms with E-state index in [9.17, 15) is 0 Å². The maximum atomic E-state index is 6.12. The quantitative estimate of drug-likeness (QED) is 0.614. The van der Waals surface area contributed by atoms with Gasteiger partial charge in [0.05, 0.1) is 6.61 Å². The predicted molar refractivity (Wildman–Crippen MR) is 108 cm³/mol. The van der Waals surface area contributed by atoms with Crippen LogP contribution in [0, 0.1) is 6.92 Å². The Hall–Kier alpha value is -1.87. The van der Waals surface area contributed by atoms with E-state index < -0.39 is 0 Å². The summed E-state index contributed by atoms with van der Waals surface area (Å²) in [5.41, 5.74) is 3.92. The molecule has 1 saturated heterocycles. The maximum absolute atomic E-state index is 6.12. The van der Waals surface area contributed by atoms with E-state index >= 15 is 0 Å². The molecule has 140 valence electrons. The first-order chi connectivity index (χ1) is 12.6. The minimum atomic E-state index is 0.517. The summed E-state index contributed by atoms with van der Waals surface area (Å²) in [6.45, 7) is 9.62. The summed E-state index contributed by atoms with van der Waals surface area (Å²) in [6, 6.07) is 11.4. The molecule has 2 heterocycles. The smallest absolute Gasteiger partial charge is 0.122 e. The van der Waals surface area contributed by atoms with Crippen molar-refractivity contribution in [3.8, 4) is 5.75 Å². The maximum Gasteiger partial charge on any atom is 0.122 e. The first kappa shape index (κ1) is 18.9. The molecule has 0 N–H and O–H groups in total. The third kappa shape index (κ3) is 4.85. The van der Waals surface area contributed by atoms with Gasteiger partial charge in [-0.2, -0.15) is 0 Å². The number of aromatic nitrogens is 1. The number of aryl methyl sites for hydroxylation is 1. The van der Waals surface area contributed by atoms with Gasteiger partial charge in [0.15, 0.2) is 0 Å². The van der Waals surface area contributed by atoms with Gasteiger partial charge >= 0.3 is 0 Å². The Kier molecular flexibility index (Phi) is 6.67. The summed E-state index contributed by atoms with van der Waals surface area (Å²) in [6.07, 6.45) is 8.80. The Morgan fingerprint density at radius 3 is 2.88 bits per heavy atom. The number of likely N-dealkylation sites (tertiary alicyclic amines) is 1. The van der Waals surface area contributed by atoms with E-state index in [1.54, 1.807) is 0 Å². The lowest BCUT2D eigenvalue weighted by Gasteiger charge is -2.35. The van der Waals surface area contributed by atoms with Crippen LogP contribution in [0.2, 0.25) is 0 Å². The van der Waals surface area contributed by atoms with Crippen LogP contribution >= 0.6 is 0 Å². The summed E-state index contributed by atoms with van der Waals surface area (Å²) >= 11 is 0. The number of rotatable bonds is 7. The molecule has 1 aliphatic heterocycles. The highest BCUT2D eigenvalue weighted by molar-refractivity contribution is 5.37. The zero-order valence-electron chi connectivity index (χ0n) is 16.4. The molecule has 0 spiro atoms. The molecule has 1 aromatic heterocycles. The Labute approximate surface area is 158 Å². The van der Waals surface area contributed by atoms with Gasteiger partial charge in [0.1, 0.15) is 5.75 Å². The first-order valence-corrected chi connectivity index (χ1v) is 10.0. The topological polar surface area (TPSA) is 25.4 Å². The highest BCUT2D eigenvalue weighted by Crippen LogP contribution is 2.30. The van der Waals surface area contributed by atoms with Gasteiger partial charge in [-0.05, 0) is 67.5 Å². The number of nitrogens with zero attached hydrogens (tertiary/aromatic N) is 2. The van der Waals surface area contributed by atoms with Crippen LogP contribution in [-0.4, -0.2) is 29.6 Å². The van der Waals surface area contributed by atoms with Crippen molar-refractivity contribution in [2.45, 2.75) is 58.4 Å². The largest absolute Gasteiger partial charge is 0.493 e. The molecule has 1 aromatic carbocycles. The molecule has 0 amide bonds. The molecule has 0 bridgehead atoms. The van der Waals surface area contributed by atoms with Crippen LogP contribution in [0.25, 0.3) is 0 Å². The minimum Gasteiger partial charge on any atom is -0.493 e. The third-order valence-electron chi connectivity index (χ3n) is 5.41. The molecule has 0 radical (unpaired) electrons. The van der Waals surface area contributed by atoms with Gasteiger partial charge in [-0.15, -0.1) is 0 Å². The Morgan fingerprint density at radius 2 is 2.12 bits per heavy atom. The van der Waals surface area contributed by atoms with Gasteiger partial charge in [0, 0.05) is 25.0 Å². The van der Waals surface area contributed by atoms with Crippen molar-refractivity contribution in [2.24, 2.45) is 0 Å². The van der Waals surface area contributed by atoms with Crippen molar-refractivity contribution in [3.05, 3.63) is 59.4 Å². The SMILES string of the molecule is Cc1ccc(C(C)C)cc1OCCCN1CCCCC1c1cccnc1. The fourth-order valence-corrected chi connectivity index (χ4v) is 3.79. The second-order valence-corrected chi connectivity index (χ2v) is 7.72. The van der Waals surface area contributed by atoms with E-state index in [1.807, 2.05) is 12.4 Å².